The van der Waals surface area contributed by atoms with Gasteiger partial charge < -0.3 is 5.73 Å². The zero-order valence-electron chi connectivity index (χ0n) is 6.26. The van der Waals surface area contributed by atoms with E-state index >= 15 is 0 Å². The Morgan fingerprint density at radius 3 is 2.62 bits per heavy atom. The second-order valence-electron chi connectivity index (χ2n) is 2.21. The average Bonchev–Trinajstić information content (AvgIpc) is 2.07. The van der Waals surface area contributed by atoms with Gasteiger partial charge in [-0.25, -0.2) is 13.8 Å². The standard InChI is InChI=1S/C7H4F2IN3/c8-6(9)5-3(1-11)4(12)2-13-7(5)10/h2,6H,12H2. The zero-order chi connectivity index (χ0) is 10.0. The van der Waals surface area contributed by atoms with Crippen molar-refractivity contribution in [2.45, 2.75) is 6.43 Å². The number of pyridine rings is 1. The SMILES string of the molecule is N#Cc1c(N)cnc(I)c1C(F)F. The second kappa shape index (κ2) is 3.83. The summed E-state index contributed by atoms with van der Waals surface area (Å²) in [6.45, 7) is 0. The van der Waals surface area contributed by atoms with Gasteiger partial charge in [-0.1, -0.05) is 0 Å². The first-order valence-electron chi connectivity index (χ1n) is 3.20. The Hall–Kier alpha value is -0.970. The molecule has 6 heteroatoms. The van der Waals surface area contributed by atoms with Crippen LogP contribution in [0.2, 0.25) is 0 Å². The number of nitrogen functional groups attached to an aromatic ring is 1. The summed E-state index contributed by atoms with van der Waals surface area (Å²) in [6.07, 6.45) is -1.52. The van der Waals surface area contributed by atoms with Crippen LogP contribution < -0.4 is 5.73 Å². The maximum Gasteiger partial charge on any atom is 0.267 e. The number of aromatic nitrogens is 1. The van der Waals surface area contributed by atoms with Crippen LogP contribution in [0.5, 0.6) is 0 Å². The van der Waals surface area contributed by atoms with Gasteiger partial charge in [0, 0.05) is 0 Å². The van der Waals surface area contributed by atoms with Crippen LogP contribution in [-0.2, 0) is 0 Å². The summed E-state index contributed by atoms with van der Waals surface area (Å²) in [5.41, 5.74) is 4.73. The zero-order valence-corrected chi connectivity index (χ0v) is 8.42. The molecule has 13 heavy (non-hydrogen) atoms. The molecule has 2 N–H and O–H groups in total. The highest BCUT2D eigenvalue weighted by Crippen LogP contribution is 2.29. The first kappa shape index (κ1) is 10.1. The van der Waals surface area contributed by atoms with Crippen molar-refractivity contribution in [2.75, 3.05) is 5.73 Å². The van der Waals surface area contributed by atoms with E-state index in [1.807, 2.05) is 0 Å². The van der Waals surface area contributed by atoms with Crippen molar-refractivity contribution >= 4 is 28.3 Å². The third kappa shape index (κ3) is 1.85. The number of nitrogens with two attached hydrogens (primary N) is 1. The van der Waals surface area contributed by atoms with Crippen molar-refractivity contribution < 1.29 is 8.78 Å². The van der Waals surface area contributed by atoms with Gasteiger partial charge in [-0.15, -0.1) is 0 Å². The molecular formula is C7H4F2IN3. The van der Waals surface area contributed by atoms with Gasteiger partial charge in [0.2, 0.25) is 0 Å². The molecule has 1 rings (SSSR count). The number of halogens is 3. The van der Waals surface area contributed by atoms with Crippen molar-refractivity contribution in [1.82, 2.24) is 4.98 Å². The number of nitrogens with zero attached hydrogens (tertiary/aromatic N) is 2. The van der Waals surface area contributed by atoms with Crippen LogP contribution in [0.25, 0.3) is 0 Å². The topological polar surface area (TPSA) is 62.7 Å². The molecule has 3 nitrogen and oxygen atoms in total. The maximum absolute atomic E-state index is 12.4. The Balaban J connectivity index is 3.46. The third-order valence-corrected chi connectivity index (χ3v) is 2.29. The van der Waals surface area contributed by atoms with Crippen LogP contribution in [0.1, 0.15) is 17.6 Å². The van der Waals surface area contributed by atoms with E-state index in [4.69, 9.17) is 11.0 Å². The summed E-state index contributed by atoms with van der Waals surface area (Å²) >= 11 is 1.64. The van der Waals surface area contributed by atoms with E-state index in [0.717, 1.165) is 0 Å². The fourth-order valence-electron chi connectivity index (χ4n) is 0.843. The Kier molecular flexibility index (Phi) is 2.98. The minimum absolute atomic E-state index is 0.0155. The minimum Gasteiger partial charge on any atom is -0.396 e. The predicted octanol–water partition coefficient (Wildman–Crippen LogP) is 2.08. The summed E-state index contributed by atoms with van der Waals surface area (Å²) in [4.78, 5) is 3.64. The molecule has 1 aromatic rings. The molecule has 0 unspecified atom stereocenters. The molecule has 0 fully saturated rings. The normalized spacial score (nSPS) is 10.1. The average molecular weight is 295 g/mol. The largest absolute Gasteiger partial charge is 0.396 e. The van der Waals surface area contributed by atoms with Gasteiger partial charge in [0.25, 0.3) is 6.43 Å². The summed E-state index contributed by atoms with van der Waals surface area (Å²) in [7, 11) is 0. The highest BCUT2D eigenvalue weighted by Gasteiger charge is 2.19. The van der Waals surface area contributed by atoms with Gasteiger partial charge in [0.15, 0.2) is 0 Å². The van der Waals surface area contributed by atoms with Crippen LogP contribution in [0, 0.1) is 15.0 Å². The molecule has 0 aromatic carbocycles. The highest BCUT2D eigenvalue weighted by molar-refractivity contribution is 14.1. The van der Waals surface area contributed by atoms with Crippen LogP contribution >= 0.6 is 22.6 Å². The molecule has 0 spiro atoms. The van der Waals surface area contributed by atoms with Crippen LogP contribution in [0.15, 0.2) is 6.20 Å². The number of anilines is 1. The Bertz CT molecular complexity index is 373. The lowest BCUT2D eigenvalue weighted by Gasteiger charge is -2.06. The van der Waals surface area contributed by atoms with Crippen molar-refractivity contribution in [3.63, 3.8) is 0 Å². The Labute approximate surface area is 86.7 Å². The van der Waals surface area contributed by atoms with E-state index in [1.54, 1.807) is 28.7 Å². The van der Waals surface area contributed by atoms with Crippen molar-refractivity contribution in [3.8, 4) is 6.07 Å². The van der Waals surface area contributed by atoms with Crippen LogP contribution in [0.4, 0.5) is 14.5 Å². The number of nitriles is 1. The molecule has 1 heterocycles. The lowest BCUT2D eigenvalue weighted by atomic mass is 10.1. The van der Waals surface area contributed by atoms with Crippen LogP contribution in [0.3, 0.4) is 0 Å². The lowest BCUT2D eigenvalue weighted by molar-refractivity contribution is 0.149. The molecule has 0 aliphatic carbocycles. The molecular weight excluding hydrogens is 291 g/mol. The minimum atomic E-state index is -2.72. The van der Waals surface area contributed by atoms with Crippen LogP contribution in [-0.4, -0.2) is 4.98 Å². The van der Waals surface area contributed by atoms with Gasteiger partial charge >= 0.3 is 0 Å². The number of hydrogen-bond acceptors (Lipinski definition) is 3. The molecule has 0 bridgehead atoms. The van der Waals surface area contributed by atoms with Gasteiger partial charge in [-0.3, -0.25) is 0 Å². The summed E-state index contributed by atoms with van der Waals surface area (Å²) in [5.74, 6) is 0. The number of alkyl halides is 2. The highest BCUT2D eigenvalue weighted by atomic mass is 127. The summed E-state index contributed by atoms with van der Waals surface area (Å²) in [6, 6.07) is 1.64. The van der Waals surface area contributed by atoms with Gasteiger partial charge in [-0.05, 0) is 22.6 Å². The monoisotopic (exact) mass is 295 g/mol. The summed E-state index contributed by atoms with van der Waals surface area (Å²) in [5, 5.41) is 8.58. The molecule has 68 valence electrons. The molecule has 1 aromatic heterocycles. The van der Waals surface area contributed by atoms with Gasteiger partial charge in [0.05, 0.1) is 23.0 Å². The number of hydrogen-bond donors (Lipinski definition) is 1. The predicted molar refractivity (Wildman–Crippen MR) is 51.0 cm³/mol. The molecule has 0 saturated carbocycles. The van der Waals surface area contributed by atoms with Gasteiger partial charge in [-0.2, -0.15) is 5.26 Å². The molecule has 0 radical (unpaired) electrons. The van der Waals surface area contributed by atoms with E-state index in [9.17, 15) is 8.78 Å². The summed E-state index contributed by atoms with van der Waals surface area (Å²) < 4.78 is 24.9. The quantitative estimate of drug-likeness (QED) is 0.637. The second-order valence-corrected chi connectivity index (χ2v) is 3.23. The van der Waals surface area contributed by atoms with E-state index in [-0.39, 0.29) is 20.5 Å². The maximum atomic E-state index is 12.4. The van der Waals surface area contributed by atoms with Crippen molar-refractivity contribution in [2.24, 2.45) is 0 Å². The van der Waals surface area contributed by atoms with Crippen molar-refractivity contribution in [3.05, 3.63) is 21.0 Å². The van der Waals surface area contributed by atoms with Gasteiger partial charge in [0.1, 0.15) is 9.77 Å². The Morgan fingerprint density at radius 2 is 2.23 bits per heavy atom. The molecule has 0 aliphatic rings. The van der Waals surface area contributed by atoms with E-state index in [1.165, 1.54) is 6.20 Å². The lowest BCUT2D eigenvalue weighted by Crippen LogP contribution is -2.02. The Morgan fingerprint density at radius 1 is 1.62 bits per heavy atom. The van der Waals surface area contributed by atoms with E-state index in [2.05, 4.69) is 4.98 Å². The third-order valence-electron chi connectivity index (χ3n) is 1.43. The molecule has 0 atom stereocenters. The van der Waals surface area contributed by atoms with Crippen molar-refractivity contribution in [1.29, 1.82) is 5.26 Å². The first-order valence-corrected chi connectivity index (χ1v) is 4.28. The smallest absolute Gasteiger partial charge is 0.267 e. The van der Waals surface area contributed by atoms with E-state index < -0.39 is 6.43 Å². The molecule has 0 saturated heterocycles. The molecule has 0 aliphatic heterocycles. The first-order chi connectivity index (χ1) is 6.07. The molecule has 0 amide bonds. The fourth-order valence-corrected chi connectivity index (χ4v) is 1.49. The number of rotatable bonds is 1. The fraction of sp³-hybridized carbons (Fsp3) is 0.143. The van der Waals surface area contributed by atoms with E-state index in [0.29, 0.717) is 0 Å².